The maximum absolute atomic E-state index is 14.8. The van der Waals surface area contributed by atoms with Gasteiger partial charge in [-0.15, -0.1) is 0 Å². The molecule has 4 aromatic rings. The predicted octanol–water partition coefficient (Wildman–Crippen LogP) is 8.63. The number of nitrogens with one attached hydrogen (secondary N) is 1. The number of aromatic amines is 1. The summed E-state index contributed by atoms with van der Waals surface area (Å²) in [6.07, 6.45) is 5.02. The van der Waals surface area contributed by atoms with E-state index in [0.717, 1.165) is 55.1 Å². The van der Waals surface area contributed by atoms with Gasteiger partial charge in [-0.1, -0.05) is 37.6 Å². The van der Waals surface area contributed by atoms with Gasteiger partial charge in [0.05, 0.1) is 0 Å². The first kappa shape index (κ1) is 29.3. The Labute approximate surface area is 256 Å². The largest absolute Gasteiger partial charge is 0.478 e. The van der Waals surface area contributed by atoms with Crippen molar-refractivity contribution in [3.8, 4) is 11.5 Å². The number of rotatable bonds is 7. The molecule has 224 valence electrons. The molecule has 0 radical (unpaired) electrons. The number of hydrogen-bond acceptors (Lipinski definition) is 4. The van der Waals surface area contributed by atoms with Crippen LogP contribution in [-0.4, -0.2) is 53.2 Å². The molecular formula is C35H37ClFN3O3. The standard InChI is InChI=1S/C35H37ClFN3O3/c1-22(27-10-12-35(2,3)21-29(27)23-4-6-25(36)7-5-23)39-14-16-40(17-15-39)26-8-9-28(34(41)42)32(19-26)43-33-18-24-11-13-38-31(24)20-30(33)37/h4-9,11,13,18-20,22,38H,10,12,14-17,21H2,1-3H3,(H,41,42). The van der Waals surface area contributed by atoms with Crippen molar-refractivity contribution in [2.45, 2.75) is 46.1 Å². The SMILES string of the molecule is CC(C1=C(c2ccc(Cl)cc2)CC(C)(C)CC1)N1CCN(c2ccc(C(=O)O)c(Oc3cc4cc[nH]c4cc3F)c2)CC1. The van der Waals surface area contributed by atoms with Gasteiger partial charge in [0.25, 0.3) is 0 Å². The molecule has 2 N–H and O–H groups in total. The Morgan fingerprint density at radius 1 is 1.02 bits per heavy atom. The lowest BCUT2D eigenvalue weighted by molar-refractivity contribution is 0.0694. The van der Waals surface area contributed by atoms with Crippen molar-refractivity contribution in [2.75, 3.05) is 31.1 Å². The quantitative estimate of drug-likeness (QED) is 0.222. The second kappa shape index (κ2) is 11.7. The number of fused-ring (bicyclic) bond motifs is 1. The summed E-state index contributed by atoms with van der Waals surface area (Å²) in [4.78, 5) is 19.8. The number of allylic oxidation sites excluding steroid dienone is 1. The van der Waals surface area contributed by atoms with Gasteiger partial charge in [0, 0.05) is 72.2 Å². The topological polar surface area (TPSA) is 68.8 Å². The van der Waals surface area contributed by atoms with Crippen LogP contribution in [0.2, 0.25) is 5.02 Å². The monoisotopic (exact) mass is 601 g/mol. The molecule has 2 heterocycles. The van der Waals surface area contributed by atoms with Crippen LogP contribution in [0, 0.1) is 11.2 Å². The minimum atomic E-state index is -1.12. The molecule has 0 spiro atoms. The fourth-order valence-corrected chi connectivity index (χ4v) is 6.64. The van der Waals surface area contributed by atoms with E-state index in [2.05, 4.69) is 47.7 Å². The van der Waals surface area contributed by atoms with Gasteiger partial charge in [-0.3, -0.25) is 4.90 Å². The maximum Gasteiger partial charge on any atom is 0.339 e. The van der Waals surface area contributed by atoms with Crippen LogP contribution in [0.4, 0.5) is 10.1 Å². The summed E-state index contributed by atoms with van der Waals surface area (Å²) >= 11 is 6.21. The van der Waals surface area contributed by atoms with Crippen LogP contribution in [0.3, 0.4) is 0 Å². The van der Waals surface area contributed by atoms with Crippen molar-refractivity contribution in [3.63, 3.8) is 0 Å². The zero-order valence-electron chi connectivity index (χ0n) is 24.8. The first-order chi connectivity index (χ1) is 20.6. The lowest BCUT2D eigenvalue weighted by Crippen LogP contribution is -2.50. The number of carboxylic acids is 1. The van der Waals surface area contributed by atoms with Crippen LogP contribution < -0.4 is 9.64 Å². The number of aromatic carboxylic acids is 1. The fraction of sp³-hybridized carbons (Fsp3) is 0.343. The van der Waals surface area contributed by atoms with Crippen LogP contribution in [0.5, 0.6) is 11.5 Å². The molecule has 3 aromatic carbocycles. The van der Waals surface area contributed by atoms with E-state index in [-0.39, 0.29) is 22.5 Å². The number of ether oxygens (including phenoxy) is 1. The van der Waals surface area contributed by atoms with Crippen molar-refractivity contribution in [1.82, 2.24) is 9.88 Å². The highest BCUT2D eigenvalue weighted by atomic mass is 35.5. The number of carboxylic acid groups (broad SMARTS) is 1. The summed E-state index contributed by atoms with van der Waals surface area (Å²) in [6, 6.07) is 18.4. The lowest BCUT2D eigenvalue weighted by atomic mass is 9.71. The molecule has 43 heavy (non-hydrogen) atoms. The Balaban J connectivity index is 1.21. The summed E-state index contributed by atoms with van der Waals surface area (Å²) < 4.78 is 20.7. The summed E-state index contributed by atoms with van der Waals surface area (Å²) in [5.41, 5.74) is 5.97. The molecule has 6 nitrogen and oxygen atoms in total. The second-order valence-corrected chi connectivity index (χ2v) is 12.9. The minimum Gasteiger partial charge on any atom is -0.478 e. The molecule has 1 aliphatic heterocycles. The van der Waals surface area contributed by atoms with Gasteiger partial charge in [0.15, 0.2) is 11.6 Å². The Bertz CT molecular complexity index is 1690. The number of hydrogen-bond donors (Lipinski definition) is 2. The van der Waals surface area contributed by atoms with Crippen LogP contribution in [-0.2, 0) is 0 Å². The summed E-state index contributed by atoms with van der Waals surface area (Å²) in [5.74, 6) is -1.57. The summed E-state index contributed by atoms with van der Waals surface area (Å²) in [7, 11) is 0. The van der Waals surface area contributed by atoms with Gasteiger partial charge in [-0.05, 0) is 84.7 Å². The average Bonchev–Trinajstić information content (AvgIpc) is 3.44. The van der Waals surface area contributed by atoms with Crippen molar-refractivity contribution in [3.05, 3.63) is 94.4 Å². The Hall–Kier alpha value is -3.81. The van der Waals surface area contributed by atoms with Gasteiger partial charge in [-0.2, -0.15) is 0 Å². The Morgan fingerprint density at radius 3 is 2.49 bits per heavy atom. The minimum absolute atomic E-state index is 0.00791. The third kappa shape index (κ3) is 6.15. The first-order valence-corrected chi connectivity index (χ1v) is 15.2. The number of halogens is 2. The highest BCUT2D eigenvalue weighted by Crippen LogP contribution is 2.45. The molecule has 6 rings (SSSR count). The van der Waals surface area contributed by atoms with E-state index in [0.29, 0.717) is 11.6 Å². The molecule has 8 heteroatoms. The van der Waals surface area contributed by atoms with E-state index in [1.807, 2.05) is 24.3 Å². The van der Waals surface area contributed by atoms with Crippen molar-refractivity contribution in [2.24, 2.45) is 5.41 Å². The van der Waals surface area contributed by atoms with Gasteiger partial charge >= 0.3 is 5.97 Å². The number of aromatic nitrogens is 1. The number of carbonyl (C=O) groups is 1. The highest BCUT2D eigenvalue weighted by molar-refractivity contribution is 6.30. The Morgan fingerprint density at radius 2 is 1.77 bits per heavy atom. The third-order valence-corrected chi connectivity index (χ3v) is 9.31. The van der Waals surface area contributed by atoms with E-state index < -0.39 is 11.8 Å². The summed E-state index contributed by atoms with van der Waals surface area (Å²) in [6.45, 7) is 10.3. The van der Waals surface area contributed by atoms with Crippen LogP contribution in [0.1, 0.15) is 56.0 Å². The third-order valence-electron chi connectivity index (χ3n) is 9.06. The number of benzene rings is 3. The van der Waals surface area contributed by atoms with Crippen molar-refractivity contribution in [1.29, 1.82) is 0 Å². The molecule has 1 atom stereocenters. The maximum atomic E-state index is 14.8. The highest BCUT2D eigenvalue weighted by Gasteiger charge is 2.33. The van der Waals surface area contributed by atoms with Crippen LogP contribution in [0.25, 0.3) is 16.5 Å². The zero-order valence-corrected chi connectivity index (χ0v) is 25.5. The zero-order chi connectivity index (χ0) is 30.3. The average molecular weight is 602 g/mol. The molecule has 1 fully saturated rings. The van der Waals surface area contributed by atoms with Gasteiger partial charge in [0.1, 0.15) is 11.3 Å². The number of H-pyrrole nitrogens is 1. The molecule has 1 aromatic heterocycles. The normalized spacial score (nSPS) is 18.2. The number of nitrogens with zero attached hydrogens (tertiary/aromatic N) is 2. The molecule has 0 bridgehead atoms. The van der Waals surface area contributed by atoms with E-state index in [4.69, 9.17) is 16.3 Å². The molecular weight excluding hydrogens is 565 g/mol. The number of anilines is 1. The molecule has 0 amide bonds. The lowest BCUT2D eigenvalue weighted by Gasteiger charge is -2.43. The number of piperazine rings is 1. The van der Waals surface area contributed by atoms with Crippen molar-refractivity contribution >= 4 is 39.7 Å². The predicted molar refractivity (Wildman–Crippen MR) is 171 cm³/mol. The second-order valence-electron chi connectivity index (χ2n) is 12.5. The summed E-state index contributed by atoms with van der Waals surface area (Å²) in [5, 5.41) is 11.3. The molecule has 1 unspecified atom stereocenters. The van der Waals surface area contributed by atoms with Gasteiger partial charge < -0.3 is 19.7 Å². The van der Waals surface area contributed by atoms with E-state index in [1.54, 1.807) is 24.4 Å². The van der Waals surface area contributed by atoms with Crippen LogP contribution >= 0.6 is 11.6 Å². The van der Waals surface area contributed by atoms with E-state index >= 15 is 0 Å². The fourth-order valence-electron chi connectivity index (χ4n) is 6.51. The van der Waals surface area contributed by atoms with Gasteiger partial charge in [0.2, 0.25) is 0 Å². The van der Waals surface area contributed by atoms with Crippen LogP contribution in [0.15, 0.2) is 72.4 Å². The van der Waals surface area contributed by atoms with E-state index in [1.165, 1.54) is 29.2 Å². The molecule has 1 saturated heterocycles. The first-order valence-electron chi connectivity index (χ1n) is 14.9. The molecule has 2 aliphatic rings. The molecule has 1 aliphatic carbocycles. The Kier molecular flexibility index (Phi) is 7.96. The van der Waals surface area contributed by atoms with Crippen molar-refractivity contribution < 1.29 is 19.0 Å². The molecule has 0 saturated carbocycles. The van der Waals surface area contributed by atoms with Gasteiger partial charge in [-0.25, -0.2) is 9.18 Å². The smallest absolute Gasteiger partial charge is 0.339 e. The van der Waals surface area contributed by atoms with E-state index in [9.17, 15) is 14.3 Å².